The summed E-state index contributed by atoms with van der Waals surface area (Å²) in [4.78, 5) is 12.4. The Hall–Kier alpha value is -2.09. The van der Waals surface area contributed by atoms with Crippen molar-refractivity contribution in [3.8, 4) is 0 Å². The van der Waals surface area contributed by atoms with E-state index < -0.39 is 15.9 Å². The lowest BCUT2D eigenvalue weighted by atomic mass is 10.2. The molecule has 0 aromatic heterocycles. The van der Waals surface area contributed by atoms with E-state index in [-0.39, 0.29) is 11.4 Å². The molecule has 0 radical (unpaired) electrons. The number of methoxy groups -OCH3 is 1. The van der Waals surface area contributed by atoms with Crippen LogP contribution in [0.2, 0.25) is 5.02 Å². The van der Waals surface area contributed by atoms with E-state index in [9.17, 15) is 13.2 Å². The minimum Gasteiger partial charge on any atom is -0.383 e. The van der Waals surface area contributed by atoms with Crippen LogP contribution in [0.25, 0.3) is 0 Å². The maximum atomic E-state index is 13.3. The van der Waals surface area contributed by atoms with Gasteiger partial charge >= 0.3 is 0 Å². The zero-order chi connectivity index (χ0) is 20.0. The van der Waals surface area contributed by atoms with Crippen LogP contribution in [0.3, 0.4) is 0 Å². The monoisotopic (exact) mass is 410 g/mol. The Bertz CT molecular complexity index is 898. The zero-order valence-corrected chi connectivity index (χ0v) is 17.1. The Morgan fingerprint density at radius 1 is 1.15 bits per heavy atom. The Kier molecular flexibility index (Phi) is 7.24. The molecule has 0 saturated carbocycles. The van der Waals surface area contributed by atoms with Crippen LogP contribution in [0.1, 0.15) is 11.1 Å². The Morgan fingerprint density at radius 2 is 1.81 bits per heavy atom. The summed E-state index contributed by atoms with van der Waals surface area (Å²) in [6.45, 7) is 3.92. The van der Waals surface area contributed by atoms with E-state index in [4.69, 9.17) is 16.3 Å². The summed E-state index contributed by atoms with van der Waals surface area (Å²) in [6.07, 6.45) is 0. The zero-order valence-electron chi connectivity index (χ0n) is 15.5. The van der Waals surface area contributed by atoms with Crippen LogP contribution in [0, 0.1) is 13.8 Å². The highest BCUT2D eigenvalue weighted by Gasteiger charge is 2.28. The summed E-state index contributed by atoms with van der Waals surface area (Å²) in [7, 11) is -2.43. The molecule has 2 aromatic rings. The number of anilines is 1. The predicted molar refractivity (Wildman–Crippen MR) is 107 cm³/mol. The number of amides is 1. The fourth-order valence-corrected chi connectivity index (χ4v) is 4.11. The average Bonchev–Trinajstić information content (AvgIpc) is 2.62. The summed E-state index contributed by atoms with van der Waals surface area (Å²) in [6, 6.07) is 11.4. The van der Waals surface area contributed by atoms with Gasteiger partial charge < -0.3 is 10.1 Å². The van der Waals surface area contributed by atoms with Crippen LogP contribution in [-0.4, -0.2) is 41.1 Å². The first-order valence-corrected chi connectivity index (χ1v) is 10.2. The van der Waals surface area contributed by atoms with Crippen molar-refractivity contribution in [1.82, 2.24) is 5.32 Å². The maximum Gasteiger partial charge on any atom is 0.264 e. The molecular formula is C19H23ClN2O4S. The molecule has 0 saturated heterocycles. The molecule has 0 atom stereocenters. The largest absolute Gasteiger partial charge is 0.383 e. The van der Waals surface area contributed by atoms with Gasteiger partial charge in [0.15, 0.2) is 0 Å². The summed E-state index contributed by atoms with van der Waals surface area (Å²) in [5.74, 6) is -0.429. The average molecular weight is 411 g/mol. The van der Waals surface area contributed by atoms with Crippen molar-refractivity contribution in [2.24, 2.45) is 0 Å². The van der Waals surface area contributed by atoms with Gasteiger partial charge in [0.1, 0.15) is 6.54 Å². The number of hydrogen-bond donors (Lipinski definition) is 1. The van der Waals surface area contributed by atoms with Gasteiger partial charge in [0, 0.05) is 18.7 Å². The molecule has 6 nitrogen and oxygen atoms in total. The lowest BCUT2D eigenvalue weighted by Crippen LogP contribution is -2.42. The third kappa shape index (κ3) is 5.45. The fourth-order valence-electron chi connectivity index (χ4n) is 2.47. The molecule has 1 N–H and O–H groups in total. The third-order valence-electron chi connectivity index (χ3n) is 3.96. The van der Waals surface area contributed by atoms with E-state index in [2.05, 4.69) is 5.32 Å². The molecule has 1 amide bonds. The molecule has 2 rings (SSSR count). The van der Waals surface area contributed by atoms with Crippen molar-refractivity contribution < 1.29 is 17.9 Å². The molecular weight excluding hydrogens is 388 g/mol. The first-order valence-electron chi connectivity index (χ1n) is 8.37. The summed E-state index contributed by atoms with van der Waals surface area (Å²) in [5.41, 5.74) is 2.00. The number of carbonyl (C=O) groups is 1. The van der Waals surface area contributed by atoms with Crippen LogP contribution in [0.15, 0.2) is 47.4 Å². The molecule has 0 fully saturated rings. The molecule has 146 valence electrons. The Balaban J connectivity index is 2.44. The number of ether oxygens (including phenoxy) is 1. The number of rotatable bonds is 8. The Morgan fingerprint density at radius 3 is 2.44 bits per heavy atom. The topological polar surface area (TPSA) is 75.7 Å². The molecule has 0 unspecified atom stereocenters. The molecule has 2 aromatic carbocycles. The van der Waals surface area contributed by atoms with Crippen molar-refractivity contribution in [3.05, 3.63) is 58.6 Å². The van der Waals surface area contributed by atoms with E-state index in [1.165, 1.54) is 19.2 Å². The first-order chi connectivity index (χ1) is 12.8. The minimum absolute atomic E-state index is 0.108. The van der Waals surface area contributed by atoms with Gasteiger partial charge in [0.2, 0.25) is 5.91 Å². The lowest BCUT2D eigenvalue weighted by molar-refractivity contribution is -0.119. The second kappa shape index (κ2) is 9.21. The first kappa shape index (κ1) is 21.2. The van der Waals surface area contributed by atoms with Crippen molar-refractivity contribution in [1.29, 1.82) is 0 Å². The van der Waals surface area contributed by atoms with Crippen molar-refractivity contribution in [2.75, 3.05) is 31.1 Å². The van der Waals surface area contributed by atoms with E-state index in [0.717, 1.165) is 9.87 Å². The fraction of sp³-hybridized carbons (Fsp3) is 0.316. The van der Waals surface area contributed by atoms with E-state index in [0.29, 0.717) is 29.4 Å². The predicted octanol–water partition coefficient (Wildman–Crippen LogP) is 2.91. The second-order valence-electron chi connectivity index (χ2n) is 6.10. The lowest BCUT2D eigenvalue weighted by Gasteiger charge is -2.26. The number of nitrogens with one attached hydrogen (secondary N) is 1. The van der Waals surface area contributed by atoms with Gasteiger partial charge in [-0.25, -0.2) is 8.42 Å². The smallest absolute Gasteiger partial charge is 0.264 e. The van der Waals surface area contributed by atoms with E-state index in [1.807, 2.05) is 6.92 Å². The van der Waals surface area contributed by atoms with E-state index >= 15 is 0 Å². The Labute approximate surface area is 165 Å². The quantitative estimate of drug-likeness (QED) is 0.679. The van der Waals surface area contributed by atoms with E-state index in [1.54, 1.807) is 37.3 Å². The van der Waals surface area contributed by atoms with Gasteiger partial charge in [0.05, 0.1) is 17.2 Å². The number of sulfonamides is 1. The number of benzene rings is 2. The van der Waals surface area contributed by atoms with Crippen LogP contribution in [-0.2, 0) is 19.6 Å². The molecule has 0 spiro atoms. The van der Waals surface area contributed by atoms with Gasteiger partial charge in [-0.1, -0.05) is 35.4 Å². The van der Waals surface area contributed by atoms with Crippen LogP contribution in [0.5, 0.6) is 0 Å². The van der Waals surface area contributed by atoms with Crippen molar-refractivity contribution in [2.45, 2.75) is 18.7 Å². The maximum absolute atomic E-state index is 13.3. The van der Waals surface area contributed by atoms with Crippen LogP contribution in [0.4, 0.5) is 5.69 Å². The standard InChI is InChI=1S/C19H23ClN2O4S/c1-14-4-8-17(9-5-14)27(24,25)22(13-19(23)21-10-11-26-3)18-12-16(20)7-6-15(18)2/h4-9,12H,10-11,13H2,1-3H3,(H,21,23). The van der Waals surface area contributed by atoms with Gasteiger partial charge in [-0.3, -0.25) is 9.10 Å². The van der Waals surface area contributed by atoms with Crippen molar-refractivity contribution >= 4 is 33.2 Å². The molecule has 27 heavy (non-hydrogen) atoms. The molecule has 0 heterocycles. The number of carbonyl (C=O) groups excluding carboxylic acids is 1. The highest BCUT2D eigenvalue weighted by Crippen LogP contribution is 2.29. The van der Waals surface area contributed by atoms with Gasteiger partial charge in [-0.15, -0.1) is 0 Å². The number of hydrogen-bond acceptors (Lipinski definition) is 4. The van der Waals surface area contributed by atoms with Gasteiger partial charge in [-0.2, -0.15) is 0 Å². The second-order valence-corrected chi connectivity index (χ2v) is 8.40. The minimum atomic E-state index is -3.95. The number of nitrogens with zero attached hydrogens (tertiary/aromatic N) is 1. The summed E-state index contributed by atoms with van der Waals surface area (Å²) >= 11 is 6.08. The van der Waals surface area contributed by atoms with Gasteiger partial charge in [-0.05, 0) is 43.7 Å². The summed E-state index contributed by atoms with van der Waals surface area (Å²) < 4.78 is 32.5. The highest BCUT2D eigenvalue weighted by molar-refractivity contribution is 7.92. The van der Waals surface area contributed by atoms with Gasteiger partial charge in [0.25, 0.3) is 10.0 Å². The highest BCUT2D eigenvalue weighted by atomic mass is 35.5. The number of aryl methyl sites for hydroxylation is 2. The molecule has 0 bridgehead atoms. The normalized spacial score (nSPS) is 11.3. The SMILES string of the molecule is COCCNC(=O)CN(c1cc(Cl)ccc1C)S(=O)(=O)c1ccc(C)cc1. The molecule has 0 aliphatic carbocycles. The molecule has 0 aliphatic rings. The van der Waals surface area contributed by atoms with Crippen molar-refractivity contribution in [3.63, 3.8) is 0 Å². The van der Waals surface area contributed by atoms with Crippen LogP contribution < -0.4 is 9.62 Å². The third-order valence-corrected chi connectivity index (χ3v) is 5.97. The number of halogens is 1. The molecule has 8 heteroatoms. The van der Waals surface area contributed by atoms with Crippen LogP contribution >= 0.6 is 11.6 Å². The summed E-state index contributed by atoms with van der Waals surface area (Å²) in [5, 5.41) is 3.04. The molecule has 0 aliphatic heterocycles.